The molecule has 29 heavy (non-hydrogen) atoms. The van der Waals surface area contributed by atoms with Crippen LogP contribution in [0.25, 0.3) is 0 Å². The lowest BCUT2D eigenvalue weighted by atomic mass is 9.88. The van der Waals surface area contributed by atoms with E-state index in [-0.39, 0.29) is 18.3 Å². The molecule has 0 bridgehead atoms. The van der Waals surface area contributed by atoms with Crippen LogP contribution in [0.15, 0.2) is 30.3 Å². The second-order valence-corrected chi connectivity index (χ2v) is 8.56. The van der Waals surface area contributed by atoms with Crippen LogP contribution in [0.5, 0.6) is 0 Å². The number of hydrogen-bond acceptors (Lipinski definition) is 5. The summed E-state index contributed by atoms with van der Waals surface area (Å²) in [5.41, 5.74) is 0.181. The Bertz CT molecular complexity index is 664. The van der Waals surface area contributed by atoms with Gasteiger partial charge < -0.3 is 14.8 Å². The molecule has 6 nitrogen and oxygen atoms in total. The van der Waals surface area contributed by atoms with Crippen molar-refractivity contribution in [3.8, 4) is 0 Å². The van der Waals surface area contributed by atoms with Crippen LogP contribution in [0.4, 0.5) is 4.79 Å². The molecule has 0 aromatic heterocycles. The predicted octanol–water partition coefficient (Wildman–Crippen LogP) is 4.65. The van der Waals surface area contributed by atoms with Crippen molar-refractivity contribution in [1.29, 1.82) is 0 Å². The van der Waals surface area contributed by atoms with Crippen molar-refractivity contribution in [2.75, 3.05) is 0 Å². The van der Waals surface area contributed by atoms with Crippen molar-refractivity contribution in [3.63, 3.8) is 0 Å². The van der Waals surface area contributed by atoms with E-state index in [1.807, 2.05) is 51.1 Å². The molecule has 0 aliphatic rings. The standard InChI is InChI=1S/C23H35NO5/c1-7-8-14-18(21(26)28-15-17-12-10-9-11-13-17)20(25)19(16(2)3)24-22(27)29-23(4,5)6/h9-13,16,18-19H,7-8,14-15H2,1-6H3,(H,24,27)/t18?,19-/m0/s1. The number of carbonyl (C=O) groups excluding carboxylic acids is 3. The predicted molar refractivity (Wildman–Crippen MR) is 112 cm³/mol. The van der Waals surface area contributed by atoms with Crippen molar-refractivity contribution < 1.29 is 23.9 Å². The average Bonchev–Trinajstić information content (AvgIpc) is 2.63. The van der Waals surface area contributed by atoms with Crippen LogP contribution < -0.4 is 5.32 Å². The highest BCUT2D eigenvalue weighted by molar-refractivity contribution is 6.02. The SMILES string of the molecule is CCCCC(C(=O)OCc1ccccc1)C(=O)[C@@H](NC(=O)OC(C)(C)C)C(C)C. The van der Waals surface area contributed by atoms with Gasteiger partial charge in [-0.05, 0) is 38.7 Å². The zero-order valence-electron chi connectivity index (χ0n) is 18.5. The fraction of sp³-hybridized carbons (Fsp3) is 0.609. The quantitative estimate of drug-likeness (QED) is 0.452. The Labute approximate surface area is 174 Å². The molecule has 2 atom stereocenters. The summed E-state index contributed by atoms with van der Waals surface area (Å²) in [6, 6.07) is 8.50. The van der Waals surface area contributed by atoms with Gasteiger partial charge >= 0.3 is 12.1 Å². The number of unbranched alkanes of at least 4 members (excludes halogenated alkanes) is 1. The van der Waals surface area contributed by atoms with Gasteiger partial charge in [0, 0.05) is 0 Å². The summed E-state index contributed by atoms with van der Waals surface area (Å²) in [4.78, 5) is 38.1. The van der Waals surface area contributed by atoms with Gasteiger partial charge in [-0.2, -0.15) is 0 Å². The van der Waals surface area contributed by atoms with Crippen LogP contribution in [0.1, 0.15) is 66.4 Å². The molecule has 1 N–H and O–H groups in total. The molecule has 0 saturated carbocycles. The normalized spacial score (nSPS) is 13.5. The van der Waals surface area contributed by atoms with E-state index in [4.69, 9.17) is 9.47 Å². The number of benzene rings is 1. The van der Waals surface area contributed by atoms with Crippen LogP contribution >= 0.6 is 0 Å². The van der Waals surface area contributed by atoms with Crippen LogP contribution in [-0.4, -0.2) is 29.5 Å². The van der Waals surface area contributed by atoms with E-state index in [1.54, 1.807) is 20.8 Å². The Balaban J connectivity index is 2.89. The summed E-state index contributed by atoms with van der Waals surface area (Å²) in [6.45, 7) is 11.0. The highest BCUT2D eigenvalue weighted by atomic mass is 16.6. The highest BCUT2D eigenvalue weighted by Gasteiger charge is 2.36. The number of carbonyl (C=O) groups is 3. The monoisotopic (exact) mass is 405 g/mol. The van der Waals surface area contributed by atoms with Gasteiger partial charge in [0.25, 0.3) is 0 Å². The summed E-state index contributed by atoms with van der Waals surface area (Å²) < 4.78 is 10.7. The number of nitrogens with one attached hydrogen (secondary N) is 1. The number of ether oxygens (including phenoxy) is 2. The number of Topliss-reactive ketones (excluding diaryl/α,β-unsaturated/α-hetero) is 1. The maximum Gasteiger partial charge on any atom is 0.408 e. The first kappa shape index (κ1) is 24.7. The fourth-order valence-electron chi connectivity index (χ4n) is 2.83. The summed E-state index contributed by atoms with van der Waals surface area (Å²) in [7, 11) is 0. The Hall–Kier alpha value is -2.37. The number of esters is 1. The molecule has 1 rings (SSSR count). The third kappa shape index (κ3) is 9.11. The minimum atomic E-state index is -0.916. The Morgan fingerprint density at radius 2 is 1.69 bits per heavy atom. The lowest BCUT2D eigenvalue weighted by Crippen LogP contribution is -2.49. The van der Waals surface area contributed by atoms with E-state index in [0.717, 1.165) is 12.0 Å². The lowest BCUT2D eigenvalue weighted by Gasteiger charge is -2.27. The van der Waals surface area contributed by atoms with Crippen LogP contribution in [0, 0.1) is 11.8 Å². The molecule has 0 fully saturated rings. The first-order valence-corrected chi connectivity index (χ1v) is 10.3. The highest BCUT2D eigenvalue weighted by Crippen LogP contribution is 2.19. The molecule has 0 saturated heterocycles. The van der Waals surface area contributed by atoms with Gasteiger partial charge in [0.15, 0.2) is 5.78 Å². The minimum absolute atomic E-state index is 0.113. The van der Waals surface area contributed by atoms with Crippen molar-refractivity contribution in [1.82, 2.24) is 5.32 Å². The molecule has 1 aromatic carbocycles. The summed E-state index contributed by atoms with van der Waals surface area (Å²) >= 11 is 0. The molecule has 0 aliphatic heterocycles. The zero-order chi connectivity index (χ0) is 22.0. The Kier molecular flexibility index (Phi) is 9.86. The maximum atomic E-state index is 13.2. The molecule has 0 spiro atoms. The summed E-state index contributed by atoms with van der Waals surface area (Å²) in [6.07, 6.45) is 1.29. The number of rotatable bonds is 10. The van der Waals surface area contributed by atoms with Gasteiger partial charge in [-0.3, -0.25) is 9.59 Å². The van der Waals surface area contributed by atoms with Gasteiger partial charge in [-0.1, -0.05) is 63.9 Å². The van der Waals surface area contributed by atoms with Crippen molar-refractivity contribution >= 4 is 17.8 Å². The fourth-order valence-corrected chi connectivity index (χ4v) is 2.83. The molecule has 1 aromatic rings. The van der Waals surface area contributed by atoms with E-state index in [9.17, 15) is 14.4 Å². The Morgan fingerprint density at radius 1 is 1.07 bits per heavy atom. The maximum absolute atomic E-state index is 13.2. The molecule has 0 aliphatic carbocycles. The van der Waals surface area contributed by atoms with Crippen molar-refractivity contribution in [3.05, 3.63) is 35.9 Å². The van der Waals surface area contributed by atoms with E-state index < -0.39 is 29.6 Å². The second kappa shape index (κ2) is 11.6. The average molecular weight is 406 g/mol. The first-order valence-electron chi connectivity index (χ1n) is 10.3. The van der Waals surface area contributed by atoms with E-state index in [0.29, 0.717) is 12.8 Å². The lowest BCUT2D eigenvalue weighted by molar-refractivity contribution is -0.154. The molecule has 1 unspecified atom stereocenters. The van der Waals surface area contributed by atoms with Gasteiger partial charge in [0.05, 0.1) is 6.04 Å². The van der Waals surface area contributed by atoms with Gasteiger partial charge in [0.1, 0.15) is 18.1 Å². The molecule has 0 radical (unpaired) electrons. The summed E-state index contributed by atoms with van der Waals surface area (Å²) in [5, 5.41) is 2.64. The topological polar surface area (TPSA) is 81.7 Å². The van der Waals surface area contributed by atoms with E-state index >= 15 is 0 Å². The number of ketones is 1. The number of hydrogen-bond donors (Lipinski definition) is 1. The minimum Gasteiger partial charge on any atom is -0.460 e. The van der Waals surface area contributed by atoms with Gasteiger partial charge in [-0.25, -0.2) is 4.79 Å². The molecular formula is C23H35NO5. The molecule has 6 heteroatoms. The van der Waals surface area contributed by atoms with Gasteiger partial charge in [0.2, 0.25) is 0 Å². The van der Waals surface area contributed by atoms with Crippen LogP contribution in [0.2, 0.25) is 0 Å². The third-order valence-electron chi connectivity index (χ3n) is 4.34. The van der Waals surface area contributed by atoms with Crippen LogP contribution in [-0.2, 0) is 25.7 Å². The van der Waals surface area contributed by atoms with Crippen molar-refractivity contribution in [2.45, 2.75) is 79.1 Å². The van der Waals surface area contributed by atoms with E-state index in [1.165, 1.54) is 0 Å². The molecule has 1 amide bonds. The Morgan fingerprint density at radius 3 is 2.21 bits per heavy atom. The smallest absolute Gasteiger partial charge is 0.408 e. The van der Waals surface area contributed by atoms with Gasteiger partial charge in [-0.15, -0.1) is 0 Å². The summed E-state index contributed by atoms with van der Waals surface area (Å²) in [5.74, 6) is -2.00. The molecule has 0 heterocycles. The number of amides is 1. The second-order valence-electron chi connectivity index (χ2n) is 8.56. The number of alkyl carbamates (subject to hydrolysis) is 1. The van der Waals surface area contributed by atoms with E-state index in [2.05, 4.69) is 5.32 Å². The van der Waals surface area contributed by atoms with Crippen molar-refractivity contribution in [2.24, 2.45) is 11.8 Å². The first-order chi connectivity index (χ1) is 13.5. The zero-order valence-corrected chi connectivity index (χ0v) is 18.5. The molecular weight excluding hydrogens is 370 g/mol. The van der Waals surface area contributed by atoms with Crippen LogP contribution in [0.3, 0.4) is 0 Å². The third-order valence-corrected chi connectivity index (χ3v) is 4.34. The largest absolute Gasteiger partial charge is 0.460 e. The molecule has 162 valence electrons.